The molecule has 3 unspecified atom stereocenters. The number of likely N-dealkylation sites (tertiary alicyclic amines) is 3. The van der Waals surface area contributed by atoms with Gasteiger partial charge in [0.25, 0.3) is 0 Å². The Bertz CT molecular complexity index is 3910. The zero-order valence-corrected chi connectivity index (χ0v) is 64.4. The summed E-state index contributed by atoms with van der Waals surface area (Å²) in [5.41, 5.74) is -6.13. The van der Waals surface area contributed by atoms with Gasteiger partial charge < -0.3 is 30.5 Å². The van der Waals surface area contributed by atoms with E-state index in [1.165, 1.54) is 18.4 Å². The molecule has 3 aliphatic carbocycles. The number of nitrogens with zero attached hydrogens (tertiary/aromatic N) is 3. The summed E-state index contributed by atoms with van der Waals surface area (Å²) in [5, 5.41) is 11.7. The largest absolute Gasteiger partial charge is 1.00 e. The fourth-order valence-corrected chi connectivity index (χ4v) is 15.5. The molecule has 6 aromatic carbocycles. The van der Waals surface area contributed by atoms with Gasteiger partial charge in [-0.1, -0.05) is 114 Å². The molecular weight excluding hydrogens is 1660 g/mol. The Hall–Kier alpha value is -4.72. The monoisotopic (exact) mass is 1750 g/mol. The van der Waals surface area contributed by atoms with Gasteiger partial charge in [0, 0.05) is 78.3 Å². The molecular formula is C80H91AlBrCl3F18LiN3O6. The van der Waals surface area contributed by atoms with E-state index in [1.54, 1.807) is 17.0 Å². The summed E-state index contributed by atoms with van der Waals surface area (Å²) in [6, 6.07) is 27.3. The molecule has 620 valence electrons. The summed E-state index contributed by atoms with van der Waals surface area (Å²) in [7, 11) is 0. The Morgan fingerprint density at radius 2 is 0.761 bits per heavy atom. The number of piperidine rings is 3. The number of β-amino-alcohol motifs (C(OH)–C–C–N with tert-alkyl or cyclic N) is 1. The van der Waals surface area contributed by atoms with Gasteiger partial charge >= 0.3 is 55.9 Å². The van der Waals surface area contributed by atoms with E-state index < -0.39 is 88.6 Å². The zero-order chi connectivity index (χ0) is 80.3. The minimum absolute atomic E-state index is 0. The number of alkyl halides is 19. The van der Waals surface area contributed by atoms with Gasteiger partial charge in [-0.2, -0.15) is 79.0 Å². The van der Waals surface area contributed by atoms with Crippen LogP contribution in [0.15, 0.2) is 127 Å². The number of hydrogen-bond acceptors (Lipinski definition) is 7. The van der Waals surface area contributed by atoms with Crippen molar-refractivity contribution in [2.45, 2.75) is 207 Å². The minimum Gasteiger partial charge on any atom is -1.00 e. The Kier molecular flexibility index (Phi) is 35.5. The second kappa shape index (κ2) is 41.3. The van der Waals surface area contributed by atoms with E-state index in [2.05, 4.69) is 33.0 Å². The Morgan fingerprint density at radius 1 is 0.442 bits per heavy atom. The normalized spacial score (nSPS) is 20.1. The number of ether oxygens (including phenoxy) is 3. The van der Waals surface area contributed by atoms with Crippen LogP contribution in [0, 0.1) is 0 Å². The van der Waals surface area contributed by atoms with Crippen LogP contribution in [0.3, 0.4) is 0 Å². The average molecular weight is 1750 g/mol. The summed E-state index contributed by atoms with van der Waals surface area (Å²) in [5.74, 6) is 0.155. The number of aliphatic hydroxyl groups excluding tert-OH is 1. The van der Waals surface area contributed by atoms with E-state index in [0.29, 0.717) is 84.7 Å². The van der Waals surface area contributed by atoms with Crippen molar-refractivity contribution >= 4 is 79.9 Å². The number of hydrogen-bond donors (Lipinski definition) is 1. The van der Waals surface area contributed by atoms with Gasteiger partial charge in [0.2, 0.25) is 11.8 Å². The van der Waals surface area contributed by atoms with Crippen LogP contribution in [0.1, 0.15) is 185 Å². The molecule has 4 aliphatic heterocycles. The summed E-state index contributed by atoms with van der Waals surface area (Å²) < 4.78 is 248. The van der Waals surface area contributed by atoms with Crippen molar-refractivity contribution in [3.05, 3.63) is 209 Å². The number of amides is 2. The molecule has 6 aromatic rings. The average Bonchev–Trinajstić information content (AvgIpc) is 0.777. The van der Waals surface area contributed by atoms with Gasteiger partial charge in [-0.3, -0.25) is 14.5 Å². The Labute approximate surface area is 693 Å². The van der Waals surface area contributed by atoms with Crippen molar-refractivity contribution in [1.82, 2.24) is 14.7 Å². The molecule has 3 saturated carbocycles. The number of carbonyl (C=O) groups is 2. The first kappa shape index (κ1) is 97.1. The SMILES string of the molecule is C.C1CCOC1.FC(F)(F)c1cc(CBr)cc(C(F)(F)F)c1.FC(F)(F)c1cc(COC2CCCN(CC3(c4ccc(Cl)cc4)CCC3)C2)cc(C(F)(F)F)c1.O=C(N1CCCC(O)C1)C1(c2ccc(Cl)cc2)CCC1.O=C(N1CCCC(OCc2cc(C(F)(F)F)cc(C(F)(F)F)c2)C1)C1(c2ccc(Cl)cc2)CCC1.[AlH3].[H-].[Li+]. The molecule has 33 heteroatoms. The van der Waals surface area contributed by atoms with Crippen molar-refractivity contribution < 1.29 is 128 Å². The topological polar surface area (TPSA) is 91.8 Å². The zero-order valence-electron chi connectivity index (χ0n) is 61.5. The summed E-state index contributed by atoms with van der Waals surface area (Å²) >= 11 is 20.8. The van der Waals surface area contributed by atoms with Crippen molar-refractivity contribution in [3.8, 4) is 0 Å². The van der Waals surface area contributed by atoms with Gasteiger partial charge in [-0.05, 0) is 221 Å². The van der Waals surface area contributed by atoms with Gasteiger partial charge in [0.15, 0.2) is 17.4 Å². The molecule has 4 heterocycles. The van der Waals surface area contributed by atoms with Crippen LogP contribution in [0.25, 0.3) is 0 Å². The van der Waals surface area contributed by atoms with Crippen LogP contribution >= 0.6 is 50.7 Å². The quantitative estimate of drug-likeness (QED) is 0.0660. The van der Waals surface area contributed by atoms with E-state index >= 15 is 0 Å². The molecule has 0 bridgehead atoms. The predicted octanol–water partition coefficient (Wildman–Crippen LogP) is 19.2. The molecule has 7 fully saturated rings. The van der Waals surface area contributed by atoms with Gasteiger partial charge in [-0.25, -0.2) is 0 Å². The van der Waals surface area contributed by atoms with E-state index in [0.717, 1.165) is 127 Å². The fourth-order valence-electron chi connectivity index (χ4n) is 14.8. The molecule has 0 aromatic heterocycles. The number of rotatable bonds is 14. The number of carbonyl (C=O) groups excluding carboxylic acids is 2. The molecule has 0 spiro atoms. The van der Waals surface area contributed by atoms with Gasteiger partial charge in [-0.15, -0.1) is 0 Å². The molecule has 4 saturated heterocycles. The van der Waals surface area contributed by atoms with Crippen LogP contribution in [-0.2, 0) is 95.6 Å². The third kappa shape index (κ3) is 26.6. The van der Waals surface area contributed by atoms with Gasteiger partial charge in [0.1, 0.15) is 0 Å². The molecule has 0 radical (unpaired) electrons. The van der Waals surface area contributed by atoms with E-state index in [-0.39, 0.29) is 133 Å². The second-order valence-electron chi connectivity index (χ2n) is 28.9. The summed E-state index contributed by atoms with van der Waals surface area (Å²) in [6.07, 6.45) is -14.7. The molecule has 113 heavy (non-hydrogen) atoms. The van der Waals surface area contributed by atoms with E-state index in [9.17, 15) is 93.7 Å². The van der Waals surface area contributed by atoms with Crippen LogP contribution in [-0.4, -0.2) is 126 Å². The third-order valence-electron chi connectivity index (χ3n) is 21.0. The number of benzene rings is 6. The standard InChI is InChI=1S/C25H24ClF6NO2.C25H26ClF6NO.C16H20ClNO2.C9H5BrF6.C4H8O.CH4.Al.Li.4H/c26-20-6-4-17(5-7-20)23(8-2-9-23)22(34)33-10-1-3-21(14-33)35-15-16-11-18(24(27,28)29)13-19(12-16)25(30,31)32;26-21-6-4-18(5-7-21)23(8-2-9-23)16-33-10-1-3-22(14-33)34-15-17-11-19(24(27,28)29)13-20(12-17)25(30,31)32;17-13-6-4-12(5-7-13)16(8-2-9-16)15(20)18-10-1-3-14(19)11-18;10-4-5-1-6(8(11,12)13)3-7(2-5)9(14,15)16;1-2-4-5-3-1;;;;;;;/h4-7,11-13,21H,1-3,8-10,14-15H2;4-7,11-13,22H,1-3,8-10,14-16H2;4-7,14,19H,1-3,8-11H2;1-3H,4H2;1-4H2;1H4;;;;;;/q;;;;;;;+1;;;;-1. The van der Waals surface area contributed by atoms with Crippen molar-refractivity contribution in [2.24, 2.45) is 0 Å². The molecule has 13 rings (SSSR count). The maximum Gasteiger partial charge on any atom is 1.00 e. The maximum absolute atomic E-state index is 13.5. The maximum atomic E-state index is 13.5. The van der Waals surface area contributed by atoms with Crippen molar-refractivity contribution in [3.63, 3.8) is 0 Å². The first-order valence-electron chi connectivity index (χ1n) is 36.1. The number of aliphatic hydroxyl groups is 1. The molecule has 7 aliphatic rings. The second-order valence-corrected chi connectivity index (χ2v) is 30.8. The molecule has 2 amide bonds. The van der Waals surface area contributed by atoms with Crippen LogP contribution in [0.2, 0.25) is 15.1 Å². The first-order valence-corrected chi connectivity index (χ1v) is 38.3. The van der Waals surface area contributed by atoms with E-state index in [1.807, 2.05) is 53.4 Å². The minimum atomic E-state index is -4.91. The Balaban J connectivity index is 0.000000273. The molecule has 1 N–H and O–H groups in total. The molecule has 9 nitrogen and oxygen atoms in total. The third-order valence-corrected chi connectivity index (χ3v) is 22.4. The summed E-state index contributed by atoms with van der Waals surface area (Å²) in [6.45, 7) is 5.62. The van der Waals surface area contributed by atoms with Crippen molar-refractivity contribution in [2.75, 3.05) is 59.0 Å². The van der Waals surface area contributed by atoms with Gasteiger partial charge in [0.05, 0.1) is 75.7 Å². The fraction of sp³-hybridized carbons (Fsp3) is 0.525. The first-order chi connectivity index (χ1) is 51.6. The smallest absolute Gasteiger partial charge is 1.00 e. The Morgan fingerprint density at radius 3 is 1.06 bits per heavy atom. The van der Waals surface area contributed by atoms with Crippen LogP contribution in [0.5, 0.6) is 0 Å². The predicted molar refractivity (Wildman–Crippen MR) is 401 cm³/mol. The summed E-state index contributed by atoms with van der Waals surface area (Å²) in [4.78, 5) is 32.3. The van der Waals surface area contributed by atoms with Crippen LogP contribution in [0.4, 0.5) is 79.0 Å². The van der Waals surface area contributed by atoms with Crippen LogP contribution < -0.4 is 18.9 Å². The number of halogens is 22. The van der Waals surface area contributed by atoms with Crippen molar-refractivity contribution in [1.29, 1.82) is 0 Å². The molecule has 3 atom stereocenters. The van der Waals surface area contributed by atoms with E-state index in [4.69, 9.17) is 49.0 Å².